The molecule has 2 aromatic rings. The minimum Gasteiger partial charge on any atom is -0.497 e. The molecule has 1 unspecified atom stereocenters. The molecule has 1 amide bonds. The van der Waals surface area contributed by atoms with E-state index in [2.05, 4.69) is 10.3 Å². The number of ether oxygens (including phenoxy) is 3. The molecule has 2 aromatic carbocycles. The summed E-state index contributed by atoms with van der Waals surface area (Å²) in [6.45, 7) is 3.98. The maximum atomic E-state index is 13.2. The molecular weight excluding hydrogens is 497 g/mol. The Morgan fingerprint density at radius 2 is 1.89 bits per heavy atom. The molecule has 0 saturated carbocycles. The average molecular weight is 526 g/mol. The Kier molecular flexibility index (Phi) is 8.17. The maximum absolute atomic E-state index is 13.2. The van der Waals surface area contributed by atoms with Crippen LogP contribution in [0, 0.1) is 5.82 Å². The van der Waals surface area contributed by atoms with Crippen molar-refractivity contribution in [3.05, 3.63) is 81.8 Å². The number of amidine groups is 1. The third-order valence-corrected chi connectivity index (χ3v) is 6.86. The second-order valence-electron chi connectivity index (χ2n) is 8.30. The van der Waals surface area contributed by atoms with Crippen LogP contribution in [0.4, 0.5) is 4.39 Å². The number of allylic oxidation sites excluding steroid dienone is 1. The van der Waals surface area contributed by atoms with Crippen molar-refractivity contribution in [1.82, 2.24) is 10.2 Å². The molecule has 0 aromatic heterocycles. The van der Waals surface area contributed by atoms with Crippen LogP contribution in [0.1, 0.15) is 37.4 Å². The number of amides is 1. The predicted molar refractivity (Wildman–Crippen MR) is 139 cm³/mol. The molecule has 37 heavy (non-hydrogen) atoms. The number of fused-ring (bicyclic) bond motifs is 1. The lowest BCUT2D eigenvalue weighted by Crippen LogP contribution is -2.38. The zero-order valence-corrected chi connectivity index (χ0v) is 21.9. The number of rotatable bonds is 9. The molecule has 1 atom stereocenters. The van der Waals surface area contributed by atoms with Crippen LogP contribution in [0.2, 0.25) is 0 Å². The fraction of sp³-hybridized carbons (Fsp3) is 0.296. The molecule has 0 fully saturated rings. The van der Waals surface area contributed by atoms with Gasteiger partial charge in [-0.15, -0.1) is 0 Å². The van der Waals surface area contributed by atoms with Crippen LogP contribution in [0.25, 0.3) is 0 Å². The predicted octanol–water partition coefficient (Wildman–Crippen LogP) is 4.69. The Morgan fingerprint density at radius 1 is 1.14 bits per heavy atom. The van der Waals surface area contributed by atoms with Crippen molar-refractivity contribution in [2.24, 2.45) is 4.99 Å². The summed E-state index contributed by atoms with van der Waals surface area (Å²) in [6, 6.07) is 10.7. The van der Waals surface area contributed by atoms with E-state index in [4.69, 9.17) is 14.2 Å². The monoisotopic (exact) mass is 525 g/mol. The quantitative estimate of drug-likeness (QED) is 0.475. The van der Waals surface area contributed by atoms with E-state index in [0.717, 1.165) is 5.56 Å². The lowest BCUT2D eigenvalue weighted by Gasteiger charge is -2.36. The highest BCUT2D eigenvalue weighted by molar-refractivity contribution is 8.16. The number of thioether (sulfide) groups is 1. The van der Waals surface area contributed by atoms with Crippen LogP contribution in [-0.4, -0.2) is 42.8 Å². The lowest BCUT2D eigenvalue weighted by atomic mass is 9.92. The van der Waals surface area contributed by atoms with Crippen molar-refractivity contribution in [2.75, 3.05) is 20.8 Å². The summed E-state index contributed by atoms with van der Waals surface area (Å²) in [7, 11) is 3.12. The van der Waals surface area contributed by atoms with Crippen molar-refractivity contribution < 1.29 is 28.2 Å². The maximum Gasteiger partial charge on any atom is 0.338 e. The number of hydrogen-bond acceptors (Lipinski definition) is 8. The van der Waals surface area contributed by atoms with E-state index in [1.54, 1.807) is 52.3 Å². The van der Waals surface area contributed by atoms with E-state index in [0.29, 0.717) is 39.2 Å². The number of benzene rings is 2. The van der Waals surface area contributed by atoms with Crippen molar-refractivity contribution in [3.8, 4) is 11.5 Å². The lowest BCUT2D eigenvalue weighted by molar-refractivity contribution is -0.139. The summed E-state index contributed by atoms with van der Waals surface area (Å²) in [5, 5.41) is 5.37. The normalized spacial score (nSPS) is 16.6. The first-order chi connectivity index (χ1) is 17.9. The molecule has 0 spiro atoms. The van der Waals surface area contributed by atoms with Crippen LogP contribution in [0.3, 0.4) is 0 Å². The van der Waals surface area contributed by atoms with Crippen LogP contribution in [0.5, 0.6) is 11.5 Å². The number of halogens is 1. The number of aliphatic imine (C=N–C) groups is 1. The third kappa shape index (κ3) is 5.64. The largest absolute Gasteiger partial charge is 0.497 e. The molecule has 2 heterocycles. The Hall–Kier alpha value is -3.79. The van der Waals surface area contributed by atoms with Gasteiger partial charge in [0.1, 0.15) is 17.3 Å². The molecule has 2 aliphatic heterocycles. The first-order valence-electron chi connectivity index (χ1n) is 11.7. The van der Waals surface area contributed by atoms with E-state index >= 15 is 0 Å². The van der Waals surface area contributed by atoms with Crippen LogP contribution >= 0.6 is 11.8 Å². The molecule has 194 valence electrons. The van der Waals surface area contributed by atoms with Gasteiger partial charge in [-0.2, -0.15) is 0 Å². The highest BCUT2D eigenvalue weighted by Gasteiger charge is 2.42. The van der Waals surface area contributed by atoms with Gasteiger partial charge in [0.15, 0.2) is 5.17 Å². The SMILES string of the molecule is CCOC(=O)C1=C(C)N=C2SC=C(CC(=O)NCc3ccc(F)cc3)N2C1c1cc(OC)ccc1OC. The van der Waals surface area contributed by atoms with E-state index in [-0.39, 0.29) is 31.3 Å². The second kappa shape index (κ2) is 11.5. The molecular formula is C27H28FN3O5S. The summed E-state index contributed by atoms with van der Waals surface area (Å²) in [4.78, 5) is 32.6. The van der Waals surface area contributed by atoms with Gasteiger partial charge in [-0.25, -0.2) is 14.2 Å². The molecule has 0 saturated heterocycles. The Balaban J connectivity index is 1.67. The molecule has 0 radical (unpaired) electrons. The van der Waals surface area contributed by atoms with Crippen molar-refractivity contribution in [1.29, 1.82) is 0 Å². The first kappa shape index (κ1) is 26.3. The first-order valence-corrected chi connectivity index (χ1v) is 12.6. The van der Waals surface area contributed by atoms with E-state index in [1.807, 2.05) is 16.4 Å². The number of nitrogens with one attached hydrogen (secondary N) is 1. The highest BCUT2D eigenvalue weighted by atomic mass is 32.2. The molecule has 1 N–H and O–H groups in total. The van der Waals surface area contributed by atoms with Gasteiger partial charge in [-0.05, 0) is 55.2 Å². The van der Waals surface area contributed by atoms with Crippen LogP contribution < -0.4 is 14.8 Å². The van der Waals surface area contributed by atoms with Gasteiger partial charge < -0.3 is 24.4 Å². The fourth-order valence-electron chi connectivity index (χ4n) is 4.22. The minimum atomic E-state index is -0.650. The Morgan fingerprint density at radius 3 is 2.57 bits per heavy atom. The Labute approximate surface area is 219 Å². The van der Waals surface area contributed by atoms with Crippen molar-refractivity contribution >= 4 is 28.8 Å². The van der Waals surface area contributed by atoms with Gasteiger partial charge in [-0.3, -0.25) is 4.79 Å². The molecule has 10 heteroatoms. The van der Waals surface area contributed by atoms with E-state index < -0.39 is 12.0 Å². The topological polar surface area (TPSA) is 89.5 Å². The smallest absolute Gasteiger partial charge is 0.338 e. The molecule has 8 nitrogen and oxygen atoms in total. The van der Waals surface area contributed by atoms with Crippen LogP contribution in [-0.2, 0) is 20.9 Å². The number of methoxy groups -OCH3 is 2. The Bertz CT molecular complexity index is 1290. The fourth-order valence-corrected chi connectivity index (χ4v) is 5.18. The molecule has 4 rings (SSSR count). The number of carbonyl (C=O) groups excluding carboxylic acids is 2. The molecule has 2 aliphatic rings. The van der Waals surface area contributed by atoms with Crippen molar-refractivity contribution in [2.45, 2.75) is 32.9 Å². The van der Waals surface area contributed by atoms with E-state index in [9.17, 15) is 14.0 Å². The highest BCUT2D eigenvalue weighted by Crippen LogP contribution is 2.47. The van der Waals surface area contributed by atoms with Gasteiger partial charge in [0.25, 0.3) is 0 Å². The van der Waals surface area contributed by atoms with Gasteiger partial charge in [0.05, 0.1) is 44.6 Å². The summed E-state index contributed by atoms with van der Waals surface area (Å²) in [6.07, 6.45) is 0.0468. The number of nitrogens with zero attached hydrogens (tertiary/aromatic N) is 2. The van der Waals surface area contributed by atoms with Crippen LogP contribution in [0.15, 0.2) is 69.8 Å². The summed E-state index contributed by atoms with van der Waals surface area (Å²) >= 11 is 1.38. The minimum absolute atomic E-state index is 0.0468. The second-order valence-corrected chi connectivity index (χ2v) is 9.14. The third-order valence-electron chi connectivity index (χ3n) is 5.97. The standard InChI is InChI=1S/C27H28FN3O5S/c1-5-36-26(33)24-16(2)30-27-31(25(24)21-13-20(34-3)10-11-22(21)35-4)19(15-37-27)12-23(32)29-14-17-6-8-18(28)9-7-17/h6-11,13,15,25H,5,12,14H2,1-4H3,(H,29,32). The summed E-state index contributed by atoms with van der Waals surface area (Å²) < 4.78 is 29.7. The average Bonchev–Trinajstić information content (AvgIpc) is 3.28. The molecule has 0 aliphatic carbocycles. The number of esters is 1. The zero-order valence-electron chi connectivity index (χ0n) is 21.0. The van der Waals surface area contributed by atoms with Gasteiger partial charge in [-0.1, -0.05) is 23.9 Å². The summed E-state index contributed by atoms with van der Waals surface area (Å²) in [5.74, 6) is 0.0983. The molecule has 0 bridgehead atoms. The summed E-state index contributed by atoms with van der Waals surface area (Å²) in [5.41, 5.74) is 3.02. The number of hydrogen-bond donors (Lipinski definition) is 1. The number of carbonyl (C=O) groups is 2. The van der Waals surface area contributed by atoms with E-state index in [1.165, 1.54) is 23.9 Å². The zero-order chi connectivity index (χ0) is 26.5. The van der Waals surface area contributed by atoms with Gasteiger partial charge >= 0.3 is 5.97 Å². The van der Waals surface area contributed by atoms with Crippen molar-refractivity contribution in [3.63, 3.8) is 0 Å². The van der Waals surface area contributed by atoms with Gasteiger partial charge in [0, 0.05) is 17.8 Å². The van der Waals surface area contributed by atoms with Gasteiger partial charge in [0.2, 0.25) is 5.91 Å².